The molecule has 0 saturated carbocycles. The Morgan fingerprint density at radius 3 is 2.67 bits per heavy atom. The number of dihydropyridines is 1. The Hall–Kier alpha value is -2.85. The number of para-hydroxylation sites is 1. The molecule has 0 bridgehead atoms. The Morgan fingerprint density at radius 1 is 1.00 bits per heavy atom. The van der Waals surface area contributed by atoms with E-state index in [0.29, 0.717) is 0 Å². The average molecular weight is 331 g/mol. The smallest absolute Gasteiger partial charge is 0.187 e. The fraction of sp³-hybridized carbons (Fsp3) is 0.0500. The molecule has 4 heteroatoms. The molecule has 3 nitrogen and oxygen atoms in total. The Bertz CT molecular complexity index is 894. The summed E-state index contributed by atoms with van der Waals surface area (Å²) in [5.74, 6) is 0. The monoisotopic (exact) mass is 331 g/mol. The van der Waals surface area contributed by atoms with Gasteiger partial charge < -0.3 is 10.6 Å². The number of thiazole rings is 1. The minimum atomic E-state index is 0.897. The second kappa shape index (κ2) is 6.72. The van der Waals surface area contributed by atoms with Gasteiger partial charge in [-0.1, -0.05) is 60.7 Å². The summed E-state index contributed by atoms with van der Waals surface area (Å²) in [7, 11) is 0. The van der Waals surface area contributed by atoms with E-state index in [1.165, 1.54) is 0 Å². The highest BCUT2D eigenvalue weighted by Crippen LogP contribution is 2.30. The molecule has 4 rings (SSSR count). The van der Waals surface area contributed by atoms with Crippen molar-refractivity contribution in [1.82, 2.24) is 10.3 Å². The highest BCUT2D eigenvalue weighted by Gasteiger charge is 2.10. The molecule has 2 N–H and O–H groups in total. The van der Waals surface area contributed by atoms with Gasteiger partial charge in [-0.15, -0.1) is 11.3 Å². The van der Waals surface area contributed by atoms with Crippen molar-refractivity contribution in [2.45, 2.75) is 6.42 Å². The first-order chi connectivity index (χ1) is 11.9. The van der Waals surface area contributed by atoms with E-state index in [1.54, 1.807) is 11.3 Å². The van der Waals surface area contributed by atoms with Crippen LogP contribution in [0.1, 0.15) is 12.0 Å². The summed E-state index contributed by atoms with van der Waals surface area (Å²) in [6, 6.07) is 18.5. The van der Waals surface area contributed by atoms with Crippen LogP contribution in [0, 0.1) is 0 Å². The SMILES string of the molecule is C1=CNC(c2ccccc2Nc2nc(-c3ccccc3)cs2)=CC1. The van der Waals surface area contributed by atoms with E-state index >= 15 is 0 Å². The lowest BCUT2D eigenvalue weighted by molar-refractivity contribution is 1.13. The number of allylic oxidation sites excluding steroid dienone is 2. The van der Waals surface area contributed by atoms with Crippen LogP contribution in [0.25, 0.3) is 17.0 Å². The first-order valence-corrected chi connectivity index (χ1v) is 8.77. The molecule has 0 saturated heterocycles. The van der Waals surface area contributed by atoms with Gasteiger partial charge in [0.1, 0.15) is 0 Å². The minimum absolute atomic E-state index is 0.897. The van der Waals surface area contributed by atoms with Crippen LogP contribution < -0.4 is 10.6 Å². The van der Waals surface area contributed by atoms with E-state index in [4.69, 9.17) is 4.98 Å². The van der Waals surface area contributed by atoms with Crippen LogP contribution in [-0.4, -0.2) is 4.98 Å². The molecule has 2 heterocycles. The van der Waals surface area contributed by atoms with Crippen molar-refractivity contribution in [2.75, 3.05) is 5.32 Å². The van der Waals surface area contributed by atoms with Gasteiger partial charge in [0.05, 0.1) is 5.69 Å². The molecule has 1 aliphatic heterocycles. The number of nitrogens with zero attached hydrogens (tertiary/aromatic N) is 1. The van der Waals surface area contributed by atoms with Gasteiger partial charge in [0, 0.05) is 27.9 Å². The second-order valence-electron chi connectivity index (χ2n) is 5.47. The maximum Gasteiger partial charge on any atom is 0.187 e. The first kappa shape index (κ1) is 14.7. The van der Waals surface area contributed by atoms with Crippen LogP contribution >= 0.6 is 11.3 Å². The fourth-order valence-corrected chi connectivity index (χ4v) is 3.40. The van der Waals surface area contributed by atoms with Crippen molar-refractivity contribution >= 4 is 27.9 Å². The van der Waals surface area contributed by atoms with Crippen LogP contribution in [0.3, 0.4) is 0 Å². The summed E-state index contributed by atoms with van der Waals surface area (Å²) in [6.07, 6.45) is 7.24. The van der Waals surface area contributed by atoms with E-state index in [1.807, 2.05) is 30.5 Å². The van der Waals surface area contributed by atoms with Gasteiger partial charge in [0.2, 0.25) is 0 Å². The summed E-state index contributed by atoms with van der Waals surface area (Å²) >= 11 is 1.62. The number of hydrogen-bond donors (Lipinski definition) is 2. The highest BCUT2D eigenvalue weighted by atomic mass is 32.1. The largest absolute Gasteiger partial charge is 0.362 e. The molecule has 2 aromatic carbocycles. The van der Waals surface area contributed by atoms with Crippen molar-refractivity contribution in [3.63, 3.8) is 0 Å². The van der Waals surface area contributed by atoms with Gasteiger partial charge in [0.15, 0.2) is 5.13 Å². The molecule has 0 spiro atoms. The van der Waals surface area contributed by atoms with Crippen molar-refractivity contribution in [1.29, 1.82) is 0 Å². The third kappa shape index (κ3) is 3.09. The van der Waals surface area contributed by atoms with Crippen LogP contribution in [0.4, 0.5) is 10.8 Å². The lowest BCUT2D eigenvalue weighted by atomic mass is 10.1. The molecule has 118 valence electrons. The van der Waals surface area contributed by atoms with E-state index in [2.05, 4.69) is 58.5 Å². The summed E-state index contributed by atoms with van der Waals surface area (Å²) in [5, 5.41) is 9.76. The van der Waals surface area contributed by atoms with Gasteiger partial charge in [-0.3, -0.25) is 0 Å². The number of aromatic nitrogens is 1. The molecule has 0 unspecified atom stereocenters. The number of nitrogens with one attached hydrogen (secondary N) is 2. The summed E-state index contributed by atoms with van der Waals surface area (Å²) in [6.45, 7) is 0. The van der Waals surface area contributed by atoms with Crippen molar-refractivity contribution < 1.29 is 0 Å². The number of hydrogen-bond acceptors (Lipinski definition) is 4. The van der Waals surface area contributed by atoms with Gasteiger partial charge in [-0.05, 0) is 18.7 Å². The average Bonchev–Trinajstić information content (AvgIpc) is 3.12. The van der Waals surface area contributed by atoms with E-state index in [0.717, 1.165) is 39.8 Å². The van der Waals surface area contributed by atoms with Crippen molar-refractivity contribution in [2.24, 2.45) is 0 Å². The molecule has 1 aliphatic rings. The zero-order chi connectivity index (χ0) is 16.2. The van der Waals surface area contributed by atoms with Gasteiger partial charge in [0.25, 0.3) is 0 Å². The van der Waals surface area contributed by atoms with Crippen LogP contribution in [0.5, 0.6) is 0 Å². The molecule has 1 aromatic heterocycles. The summed E-state index contributed by atoms with van der Waals surface area (Å²) in [5.41, 5.74) is 5.47. The summed E-state index contributed by atoms with van der Waals surface area (Å²) < 4.78 is 0. The predicted molar refractivity (Wildman–Crippen MR) is 102 cm³/mol. The molecule has 0 radical (unpaired) electrons. The normalized spacial score (nSPS) is 13.2. The maximum absolute atomic E-state index is 4.72. The third-order valence-electron chi connectivity index (χ3n) is 3.85. The van der Waals surface area contributed by atoms with E-state index in [-0.39, 0.29) is 0 Å². The first-order valence-electron chi connectivity index (χ1n) is 7.89. The Morgan fingerprint density at radius 2 is 1.83 bits per heavy atom. The topological polar surface area (TPSA) is 37.0 Å². The van der Waals surface area contributed by atoms with E-state index in [9.17, 15) is 0 Å². The molecule has 3 aromatic rings. The van der Waals surface area contributed by atoms with Gasteiger partial charge >= 0.3 is 0 Å². The number of anilines is 2. The molecular weight excluding hydrogens is 314 g/mol. The minimum Gasteiger partial charge on any atom is -0.362 e. The van der Waals surface area contributed by atoms with Crippen molar-refractivity contribution in [3.8, 4) is 11.3 Å². The summed E-state index contributed by atoms with van der Waals surface area (Å²) in [4.78, 5) is 4.72. The Kier molecular flexibility index (Phi) is 4.13. The number of benzene rings is 2. The quantitative estimate of drug-likeness (QED) is 0.672. The molecule has 0 atom stereocenters. The van der Waals surface area contributed by atoms with Crippen LogP contribution in [0.2, 0.25) is 0 Å². The van der Waals surface area contributed by atoms with Gasteiger partial charge in [-0.25, -0.2) is 4.98 Å². The van der Waals surface area contributed by atoms with Crippen LogP contribution in [0.15, 0.2) is 78.3 Å². The molecular formula is C20H17N3S. The molecule has 0 fully saturated rings. The van der Waals surface area contributed by atoms with Crippen LogP contribution in [-0.2, 0) is 0 Å². The van der Waals surface area contributed by atoms with Crippen molar-refractivity contribution in [3.05, 3.63) is 83.9 Å². The Balaban J connectivity index is 1.60. The van der Waals surface area contributed by atoms with Gasteiger partial charge in [-0.2, -0.15) is 0 Å². The zero-order valence-corrected chi connectivity index (χ0v) is 13.9. The lowest BCUT2D eigenvalue weighted by Crippen LogP contribution is -2.08. The Labute approximate surface area is 145 Å². The second-order valence-corrected chi connectivity index (χ2v) is 6.33. The molecule has 0 amide bonds. The molecule has 24 heavy (non-hydrogen) atoms. The number of rotatable bonds is 4. The fourth-order valence-electron chi connectivity index (χ4n) is 2.66. The third-order valence-corrected chi connectivity index (χ3v) is 4.61. The zero-order valence-electron chi connectivity index (χ0n) is 13.1. The standard InChI is InChI=1S/C20H17N3S/c1-2-8-15(9-3-1)19-14-24-20(23-19)22-18-12-5-4-10-16(18)17-11-6-7-13-21-17/h1-5,7-14,21H,6H2,(H,22,23). The van der Waals surface area contributed by atoms with E-state index < -0.39 is 0 Å². The predicted octanol–water partition coefficient (Wildman–Crippen LogP) is 5.40. The highest BCUT2D eigenvalue weighted by molar-refractivity contribution is 7.14. The lowest BCUT2D eigenvalue weighted by Gasteiger charge is -2.15. The molecule has 0 aliphatic carbocycles. The maximum atomic E-state index is 4.72.